The normalized spacial score (nSPS) is 16.2. The Morgan fingerprint density at radius 3 is 2.58 bits per heavy atom. The van der Waals surface area contributed by atoms with Crippen molar-refractivity contribution in [2.45, 2.75) is 19.5 Å². The molecule has 0 radical (unpaired) electrons. The van der Waals surface area contributed by atoms with Crippen LogP contribution in [0.25, 0.3) is 11.4 Å². The number of nitrogens with zero attached hydrogens (tertiary/aromatic N) is 6. The maximum absolute atomic E-state index is 12.9. The molecule has 3 heterocycles. The third-order valence-electron chi connectivity index (χ3n) is 4.51. The van der Waals surface area contributed by atoms with Crippen LogP contribution in [-0.2, 0) is 6.54 Å². The number of hydrogen-bond acceptors (Lipinski definition) is 6. The third-order valence-corrected chi connectivity index (χ3v) is 4.51. The summed E-state index contributed by atoms with van der Waals surface area (Å²) in [5, 5.41) is 7.44. The quantitative estimate of drug-likeness (QED) is 0.778. The minimum atomic E-state index is -0.176. The van der Waals surface area contributed by atoms with E-state index in [0.29, 0.717) is 30.4 Å². The molecule has 0 bridgehead atoms. The number of aromatic nitrogens is 5. The lowest BCUT2D eigenvalue weighted by atomic mass is 10.1. The van der Waals surface area contributed by atoms with Gasteiger partial charge in [0, 0.05) is 31.5 Å². The molecular weight excluding hydrogens is 330 g/mol. The first-order chi connectivity index (χ1) is 12.7. The van der Waals surface area contributed by atoms with Crippen molar-refractivity contribution in [3.05, 3.63) is 54.1 Å². The van der Waals surface area contributed by atoms with Gasteiger partial charge < -0.3 is 10.2 Å². The lowest BCUT2D eigenvalue weighted by Crippen LogP contribution is -2.41. The molecule has 2 aromatic heterocycles. The molecule has 1 aliphatic heterocycles. The monoisotopic (exact) mass is 349 g/mol. The molecule has 0 unspecified atom stereocenters. The highest BCUT2D eigenvalue weighted by molar-refractivity contribution is 5.94. The van der Waals surface area contributed by atoms with Crippen LogP contribution in [-0.4, -0.2) is 49.1 Å². The highest BCUT2D eigenvalue weighted by atomic mass is 16.2. The van der Waals surface area contributed by atoms with Gasteiger partial charge in [-0.25, -0.2) is 19.6 Å². The van der Waals surface area contributed by atoms with E-state index in [2.05, 4.69) is 25.4 Å². The van der Waals surface area contributed by atoms with Crippen LogP contribution in [0.2, 0.25) is 0 Å². The highest BCUT2D eigenvalue weighted by Crippen LogP contribution is 2.27. The average molecular weight is 349 g/mol. The maximum Gasteiger partial charge on any atom is 0.257 e. The molecule has 3 aromatic rings. The zero-order chi connectivity index (χ0) is 18.1. The van der Waals surface area contributed by atoms with Crippen molar-refractivity contribution in [2.24, 2.45) is 0 Å². The molecule has 0 spiro atoms. The Morgan fingerprint density at radius 2 is 1.88 bits per heavy atom. The molecule has 26 heavy (non-hydrogen) atoms. The van der Waals surface area contributed by atoms with Crippen LogP contribution in [0.15, 0.2) is 42.7 Å². The van der Waals surface area contributed by atoms with E-state index in [1.807, 2.05) is 41.9 Å². The third kappa shape index (κ3) is 2.79. The summed E-state index contributed by atoms with van der Waals surface area (Å²) < 4.78 is 1.89. The molecule has 8 heteroatoms. The molecule has 0 fully saturated rings. The predicted octanol–water partition coefficient (Wildman–Crippen LogP) is 1.99. The Kier molecular flexibility index (Phi) is 4.08. The van der Waals surface area contributed by atoms with Crippen molar-refractivity contribution in [3.63, 3.8) is 0 Å². The van der Waals surface area contributed by atoms with Crippen LogP contribution in [0, 0.1) is 0 Å². The number of rotatable bonds is 3. The van der Waals surface area contributed by atoms with Crippen molar-refractivity contribution in [3.8, 4) is 11.4 Å². The van der Waals surface area contributed by atoms with Crippen LogP contribution < -0.4 is 5.32 Å². The standard InChI is InChI=1S/C18H19N7O/c1-12-16-22-15(13-6-4-3-5-7-13)23-25(16)9-8-24(12)17(26)14-10-20-18(19-2)21-11-14/h3-7,10-12H,8-9H2,1-2H3,(H,19,20,21)/t12-/m0/s1. The molecule has 8 nitrogen and oxygen atoms in total. The van der Waals surface area contributed by atoms with Crippen LogP contribution in [0.4, 0.5) is 5.95 Å². The number of hydrogen-bond donors (Lipinski definition) is 1. The molecule has 1 atom stereocenters. The second-order valence-corrected chi connectivity index (χ2v) is 6.10. The number of carbonyl (C=O) groups excluding carboxylic acids is 1. The van der Waals surface area contributed by atoms with Gasteiger partial charge in [-0.3, -0.25) is 4.79 Å². The summed E-state index contributed by atoms with van der Waals surface area (Å²) in [6.45, 7) is 3.15. The largest absolute Gasteiger partial charge is 0.357 e. The molecule has 1 N–H and O–H groups in total. The number of fused-ring (bicyclic) bond motifs is 1. The summed E-state index contributed by atoms with van der Waals surface area (Å²) >= 11 is 0. The smallest absolute Gasteiger partial charge is 0.257 e. The summed E-state index contributed by atoms with van der Waals surface area (Å²) in [7, 11) is 1.74. The Balaban J connectivity index is 1.60. The number of carbonyl (C=O) groups is 1. The Labute approximate surface area is 150 Å². The summed E-state index contributed by atoms with van der Waals surface area (Å²) in [5.41, 5.74) is 1.43. The molecule has 1 amide bonds. The van der Waals surface area contributed by atoms with Gasteiger partial charge in [-0.1, -0.05) is 30.3 Å². The maximum atomic E-state index is 12.9. The molecule has 0 saturated heterocycles. The van der Waals surface area contributed by atoms with Gasteiger partial charge >= 0.3 is 0 Å². The number of benzene rings is 1. The molecular formula is C18H19N7O. The van der Waals surface area contributed by atoms with E-state index in [-0.39, 0.29) is 11.9 Å². The molecule has 1 aromatic carbocycles. The van der Waals surface area contributed by atoms with Gasteiger partial charge in [0.15, 0.2) is 5.82 Å². The fraction of sp³-hybridized carbons (Fsp3) is 0.278. The molecule has 4 rings (SSSR count). The van der Waals surface area contributed by atoms with Gasteiger partial charge in [-0.05, 0) is 6.92 Å². The van der Waals surface area contributed by atoms with Crippen LogP contribution in [0.5, 0.6) is 0 Å². The summed E-state index contributed by atoms with van der Waals surface area (Å²) in [6, 6.07) is 9.67. The molecule has 0 aliphatic carbocycles. The van der Waals surface area contributed by atoms with Gasteiger partial charge in [0.05, 0.1) is 18.2 Å². The van der Waals surface area contributed by atoms with E-state index in [1.165, 1.54) is 0 Å². The van der Waals surface area contributed by atoms with Crippen molar-refractivity contribution in [1.82, 2.24) is 29.6 Å². The van der Waals surface area contributed by atoms with Crippen molar-refractivity contribution in [2.75, 3.05) is 18.9 Å². The minimum absolute atomic E-state index is 0.101. The summed E-state index contributed by atoms with van der Waals surface area (Å²) in [6.07, 6.45) is 3.09. The van der Waals surface area contributed by atoms with E-state index in [4.69, 9.17) is 0 Å². The van der Waals surface area contributed by atoms with E-state index < -0.39 is 0 Å². The van der Waals surface area contributed by atoms with Gasteiger partial charge in [0.25, 0.3) is 5.91 Å². The lowest BCUT2D eigenvalue weighted by molar-refractivity contribution is 0.0630. The fourth-order valence-electron chi connectivity index (χ4n) is 3.08. The first kappa shape index (κ1) is 16.2. The van der Waals surface area contributed by atoms with Crippen molar-refractivity contribution in [1.29, 1.82) is 0 Å². The zero-order valence-corrected chi connectivity index (χ0v) is 14.6. The first-order valence-electron chi connectivity index (χ1n) is 8.48. The number of nitrogens with one attached hydrogen (secondary N) is 1. The molecule has 0 saturated carbocycles. The Hall–Kier alpha value is -3.29. The topological polar surface area (TPSA) is 88.8 Å². The van der Waals surface area contributed by atoms with E-state index in [0.717, 1.165) is 11.4 Å². The van der Waals surface area contributed by atoms with Crippen molar-refractivity contribution < 1.29 is 4.79 Å². The van der Waals surface area contributed by atoms with Crippen LogP contribution in [0.1, 0.15) is 29.1 Å². The van der Waals surface area contributed by atoms with Gasteiger partial charge in [-0.2, -0.15) is 5.10 Å². The van der Waals surface area contributed by atoms with E-state index in [1.54, 1.807) is 24.3 Å². The molecule has 1 aliphatic rings. The van der Waals surface area contributed by atoms with Gasteiger partial charge in [0.2, 0.25) is 5.95 Å². The highest BCUT2D eigenvalue weighted by Gasteiger charge is 2.31. The second-order valence-electron chi connectivity index (χ2n) is 6.10. The molecule has 132 valence electrons. The van der Waals surface area contributed by atoms with Crippen LogP contribution >= 0.6 is 0 Å². The van der Waals surface area contributed by atoms with E-state index in [9.17, 15) is 4.79 Å². The summed E-state index contributed by atoms with van der Waals surface area (Å²) in [5.74, 6) is 1.86. The first-order valence-corrected chi connectivity index (χ1v) is 8.48. The predicted molar refractivity (Wildman–Crippen MR) is 96.5 cm³/mol. The van der Waals surface area contributed by atoms with E-state index >= 15 is 0 Å². The second kappa shape index (κ2) is 6.55. The zero-order valence-electron chi connectivity index (χ0n) is 14.6. The number of anilines is 1. The average Bonchev–Trinajstić information content (AvgIpc) is 3.14. The Bertz CT molecular complexity index is 920. The summed E-state index contributed by atoms with van der Waals surface area (Å²) in [4.78, 5) is 27.6. The van der Waals surface area contributed by atoms with Crippen LogP contribution in [0.3, 0.4) is 0 Å². The number of amides is 1. The van der Waals surface area contributed by atoms with Gasteiger partial charge in [0.1, 0.15) is 5.82 Å². The fourth-order valence-corrected chi connectivity index (χ4v) is 3.08. The minimum Gasteiger partial charge on any atom is -0.357 e. The SMILES string of the molecule is CNc1ncc(C(=O)N2CCn3nc(-c4ccccc4)nc3[C@@H]2C)cn1. The van der Waals surface area contributed by atoms with Crippen molar-refractivity contribution >= 4 is 11.9 Å². The Morgan fingerprint density at radius 1 is 1.15 bits per heavy atom. The lowest BCUT2D eigenvalue weighted by Gasteiger charge is -2.32. The van der Waals surface area contributed by atoms with Gasteiger partial charge in [-0.15, -0.1) is 0 Å².